The number of rotatable bonds is 2. The Bertz CT molecular complexity index is 354. The van der Waals surface area contributed by atoms with Crippen LogP contribution in [-0.2, 0) is 6.54 Å². The summed E-state index contributed by atoms with van der Waals surface area (Å²) in [5.41, 5.74) is 6.71. The van der Waals surface area contributed by atoms with Crippen LogP contribution in [0.2, 0.25) is 0 Å². The third kappa shape index (κ3) is 1.95. The molecule has 0 aliphatic carbocycles. The van der Waals surface area contributed by atoms with Crippen molar-refractivity contribution < 1.29 is 8.78 Å². The number of anilines is 1. The van der Waals surface area contributed by atoms with Crippen molar-refractivity contribution in [2.75, 3.05) is 18.0 Å². The van der Waals surface area contributed by atoms with Crippen molar-refractivity contribution in [2.45, 2.75) is 19.1 Å². The first kappa shape index (κ1) is 10.4. The molecule has 2 N–H and O–H groups in total. The summed E-state index contributed by atoms with van der Waals surface area (Å²) in [5, 5.41) is 0. The number of benzene rings is 1. The molecule has 0 spiro atoms. The minimum absolute atomic E-state index is 0.148. The van der Waals surface area contributed by atoms with Gasteiger partial charge in [0, 0.05) is 30.9 Å². The van der Waals surface area contributed by atoms with E-state index < -0.39 is 6.17 Å². The lowest BCUT2D eigenvalue weighted by atomic mass is 10.1. The normalized spacial score (nSPS) is 21.0. The summed E-state index contributed by atoms with van der Waals surface area (Å²) in [4.78, 5) is 1.86. The second-order valence-electron chi connectivity index (χ2n) is 3.77. The number of halogens is 2. The predicted octanol–water partition coefficient (Wildman–Crippen LogP) is 1.83. The van der Waals surface area contributed by atoms with Crippen LogP contribution in [0.5, 0.6) is 0 Å². The molecule has 2 rings (SSSR count). The molecule has 0 saturated carbocycles. The first-order chi connectivity index (χ1) is 7.22. The van der Waals surface area contributed by atoms with Crippen LogP contribution in [0.25, 0.3) is 0 Å². The predicted molar refractivity (Wildman–Crippen MR) is 56.0 cm³/mol. The van der Waals surface area contributed by atoms with Crippen LogP contribution < -0.4 is 10.6 Å². The van der Waals surface area contributed by atoms with E-state index in [2.05, 4.69) is 0 Å². The molecular formula is C11H14F2N2. The van der Waals surface area contributed by atoms with Crippen molar-refractivity contribution >= 4 is 5.69 Å². The zero-order chi connectivity index (χ0) is 10.8. The molecule has 0 aromatic heterocycles. The molecule has 1 aromatic rings. The summed E-state index contributed by atoms with van der Waals surface area (Å²) in [5.74, 6) is -0.308. The summed E-state index contributed by atoms with van der Waals surface area (Å²) in [6.45, 7) is 1.13. The van der Waals surface area contributed by atoms with Crippen LogP contribution in [-0.4, -0.2) is 19.3 Å². The standard InChI is InChI=1S/C11H14F2N2/c12-8-4-5-15(7-8)11-3-1-2-10(13)9(11)6-14/h1-3,8H,4-7,14H2/t8-/m0/s1. The monoisotopic (exact) mass is 212 g/mol. The first-order valence-corrected chi connectivity index (χ1v) is 5.09. The Balaban J connectivity index is 2.31. The molecule has 1 saturated heterocycles. The summed E-state index contributed by atoms with van der Waals surface area (Å²) < 4.78 is 26.4. The Kier molecular flexibility index (Phi) is 2.86. The van der Waals surface area contributed by atoms with E-state index in [9.17, 15) is 8.78 Å². The largest absolute Gasteiger partial charge is 0.368 e. The van der Waals surface area contributed by atoms with Gasteiger partial charge >= 0.3 is 0 Å². The van der Waals surface area contributed by atoms with E-state index in [1.807, 2.05) is 4.90 Å². The highest BCUT2D eigenvalue weighted by Gasteiger charge is 2.24. The average molecular weight is 212 g/mol. The first-order valence-electron chi connectivity index (χ1n) is 5.09. The van der Waals surface area contributed by atoms with E-state index in [4.69, 9.17) is 5.73 Å². The number of alkyl halides is 1. The van der Waals surface area contributed by atoms with Gasteiger partial charge in [-0.05, 0) is 18.6 Å². The topological polar surface area (TPSA) is 29.3 Å². The highest BCUT2D eigenvalue weighted by Crippen LogP contribution is 2.27. The van der Waals surface area contributed by atoms with Crippen LogP contribution in [0.3, 0.4) is 0 Å². The zero-order valence-electron chi connectivity index (χ0n) is 8.42. The molecular weight excluding hydrogens is 198 g/mol. The third-order valence-electron chi connectivity index (χ3n) is 2.77. The molecule has 0 radical (unpaired) electrons. The average Bonchev–Trinajstić information content (AvgIpc) is 2.64. The van der Waals surface area contributed by atoms with E-state index in [0.717, 1.165) is 5.69 Å². The number of nitrogens with two attached hydrogens (primary N) is 1. The fourth-order valence-corrected chi connectivity index (χ4v) is 1.98. The van der Waals surface area contributed by atoms with Crippen LogP contribution in [0.4, 0.5) is 14.5 Å². The molecule has 2 nitrogen and oxygen atoms in total. The number of hydrogen-bond acceptors (Lipinski definition) is 2. The summed E-state index contributed by atoms with van der Waals surface area (Å²) in [7, 11) is 0. The number of hydrogen-bond donors (Lipinski definition) is 1. The van der Waals surface area contributed by atoms with Gasteiger partial charge in [0.05, 0.1) is 0 Å². The molecule has 1 heterocycles. The van der Waals surface area contributed by atoms with Gasteiger partial charge in [-0.2, -0.15) is 0 Å². The van der Waals surface area contributed by atoms with Gasteiger partial charge in [0.25, 0.3) is 0 Å². The van der Waals surface area contributed by atoms with Crippen LogP contribution >= 0.6 is 0 Å². The number of nitrogens with zero attached hydrogens (tertiary/aromatic N) is 1. The molecule has 0 bridgehead atoms. The van der Waals surface area contributed by atoms with Gasteiger partial charge in [-0.3, -0.25) is 0 Å². The van der Waals surface area contributed by atoms with Gasteiger partial charge in [0.1, 0.15) is 12.0 Å². The van der Waals surface area contributed by atoms with Gasteiger partial charge < -0.3 is 10.6 Å². The molecule has 0 amide bonds. The molecule has 4 heteroatoms. The van der Waals surface area contributed by atoms with Crippen LogP contribution in [0, 0.1) is 5.82 Å². The molecule has 1 aliphatic rings. The van der Waals surface area contributed by atoms with E-state index in [0.29, 0.717) is 25.1 Å². The summed E-state index contributed by atoms with van der Waals surface area (Å²) in [6.07, 6.45) is -0.292. The Morgan fingerprint density at radius 1 is 1.47 bits per heavy atom. The van der Waals surface area contributed by atoms with E-state index in [1.165, 1.54) is 6.07 Å². The Hall–Kier alpha value is -1.16. The summed E-state index contributed by atoms with van der Waals surface area (Å²) >= 11 is 0. The third-order valence-corrected chi connectivity index (χ3v) is 2.77. The highest BCUT2D eigenvalue weighted by molar-refractivity contribution is 5.55. The van der Waals surface area contributed by atoms with Crippen molar-refractivity contribution in [3.8, 4) is 0 Å². The van der Waals surface area contributed by atoms with Crippen molar-refractivity contribution in [2.24, 2.45) is 5.73 Å². The molecule has 0 unspecified atom stereocenters. The van der Waals surface area contributed by atoms with E-state index >= 15 is 0 Å². The molecule has 1 fully saturated rings. The molecule has 1 atom stereocenters. The minimum atomic E-state index is -0.807. The van der Waals surface area contributed by atoms with Crippen molar-refractivity contribution in [3.05, 3.63) is 29.6 Å². The van der Waals surface area contributed by atoms with Gasteiger partial charge in [0.2, 0.25) is 0 Å². The minimum Gasteiger partial charge on any atom is -0.368 e. The fourth-order valence-electron chi connectivity index (χ4n) is 1.98. The van der Waals surface area contributed by atoms with E-state index in [-0.39, 0.29) is 12.4 Å². The van der Waals surface area contributed by atoms with Crippen LogP contribution in [0.15, 0.2) is 18.2 Å². The van der Waals surface area contributed by atoms with Gasteiger partial charge in [-0.25, -0.2) is 8.78 Å². The SMILES string of the molecule is NCc1c(F)cccc1N1CC[C@H](F)C1. The maximum absolute atomic E-state index is 13.4. The van der Waals surface area contributed by atoms with E-state index in [1.54, 1.807) is 12.1 Å². The Labute approximate surface area is 87.7 Å². The quantitative estimate of drug-likeness (QED) is 0.810. The Morgan fingerprint density at radius 3 is 2.87 bits per heavy atom. The zero-order valence-corrected chi connectivity index (χ0v) is 8.42. The maximum Gasteiger partial charge on any atom is 0.129 e. The van der Waals surface area contributed by atoms with Crippen LogP contribution in [0.1, 0.15) is 12.0 Å². The fraction of sp³-hybridized carbons (Fsp3) is 0.455. The van der Waals surface area contributed by atoms with Gasteiger partial charge in [-0.1, -0.05) is 6.07 Å². The van der Waals surface area contributed by atoms with Crippen molar-refractivity contribution in [1.29, 1.82) is 0 Å². The maximum atomic E-state index is 13.4. The van der Waals surface area contributed by atoms with Gasteiger partial charge in [0.15, 0.2) is 0 Å². The molecule has 1 aromatic carbocycles. The lowest BCUT2D eigenvalue weighted by Gasteiger charge is -2.21. The molecule has 1 aliphatic heterocycles. The molecule has 82 valence electrons. The smallest absolute Gasteiger partial charge is 0.129 e. The van der Waals surface area contributed by atoms with Crippen molar-refractivity contribution in [3.63, 3.8) is 0 Å². The van der Waals surface area contributed by atoms with Crippen molar-refractivity contribution in [1.82, 2.24) is 0 Å². The molecule has 15 heavy (non-hydrogen) atoms. The highest BCUT2D eigenvalue weighted by atomic mass is 19.1. The van der Waals surface area contributed by atoms with Gasteiger partial charge in [-0.15, -0.1) is 0 Å². The lowest BCUT2D eigenvalue weighted by molar-refractivity contribution is 0.364. The second-order valence-corrected chi connectivity index (χ2v) is 3.77. The second kappa shape index (κ2) is 4.14. The Morgan fingerprint density at radius 2 is 2.27 bits per heavy atom. The lowest BCUT2D eigenvalue weighted by Crippen LogP contribution is -2.22. The summed E-state index contributed by atoms with van der Waals surface area (Å²) in [6, 6.07) is 4.81.